The van der Waals surface area contributed by atoms with Crippen molar-refractivity contribution in [1.29, 1.82) is 0 Å². The number of hydrogen-bond donors (Lipinski definition) is 3. The average Bonchev–Trinajstić information content (AvgIpc) is 2.94. The molecule has 1 saturated heterocycles. The zero-order valence-corrected chi connectivity index (χ0v) is 12.4. The van der Waals surface area contributed by atoms with Crippen molar-refractivity contribution in [2.24, 2.45) is 11.7 Å². The molecule has 21 heavy (non-hydrogen) atoms. The Bertz CT molecular complexity index is 507. The summed E-state index contributed by atoms with van der Waals surface area (Å²) in [4.78, 5) is 23.4. The van der Waals surface area contributed by atoms with Gasteiger partial charge in [-0.3, -0.25) is 9.59 Å². The molecule has 4 N–H and O–H groups in total. The molecule has 1 aromatic heterocycles. The molecule has 1 atom stereocenters. The molecule has 8 heteroatoms. The van der Waals surface area contributed by atoms with Crippen LogP contribution >= 0.6 is 0 Å². The van der Waals surface area contributed by atoms with E-state index in [1.807, 2.05) is 13.8 Å². The molecule has 2 rings (SSSR count). The number of nitrogens with two attached hydrogens (primary N) is 1. The smallest absolute Gasteiger partial charge is 0.274 e. The lowest BCUT2D eigenvalue weighted by atomic mass is 10.0. The van der Waals surface area contributed by atoms with Crippen molar-refractivity contribution >= 4 is 11.8 Å². The van der Waals surface area contributed by atoms with Crippen molar-refractivity contribution in [2.45, 2.75) is 38.8 Å². The highest BCUT2D eigenvalue weighted by Gasteiger charge is 2.24. The number of aromatic nitrogens is 3. The average molecular weight is 294 g/mol. The van der Waals surface area contributed by atoms with Crippen molar-refractivity contribution in [1.82, 2.24) is 25.6 Å². The maximum absolute atomic E-state index is 12.1. The summed E-state index contributed by atoms with van der Waals surface area (Å²) in [6.07, 6.45) is 3.55. The number of amides is 2. The SMILES string of the molecule is CC(C)C(NC(=O)c1cn(C2CCNCC2)nn1)C(N)=O. The molecule has 0 aliphatic carbocycles. The van der Waals surface area contributed by atoms with Gasteiger partial charge in [-0.05, 0) is 31.8 Å². The van der Waals surface area contributed by atoms with E-state index in [-0.39, 0.29) is 17.7 Å². The molecule has 0 aromatic carbocycles. The summed E-state index contributed by atoms with van der Waals surface area (Å²) in [6, 6.07) is -0.445. The van der Waals surface area contributed by atoms with E-state index < -0.39 is 17.9 Å². The van der Waals surface area contributed by atoms with Crippen molar-refractivity contribution in [2.75, 3.05) is 13.1 Å². The van der Waals surface area contributed by atoms with Crippen molar-refractivity contribution in [3.05, 3.63) is 11.9 Å². The van der Waals surface area contributed by atoms with Gasteiger partial charge in [-0.2, -0.15) is 0 Å². The van der Waals surface area contributed by atoms with E-state index in [4.69, 9.17) is 5.73 Å². The monoisotopic (exact) mass is 294 g/mol. The van der Waals surface area contributed by atoms with Gasteiger partial charge < -0.3 is 16.4 Å². The molecule has 2 amide bonds. The molecule has 0 spiro atoms. The largest absolute Gasteiger partial charge is 0.368 e. The first-order valence-electron chi connectivity index (χ1n) is 7.21. The quantitative estimate of drug-likeness (QED) is 0.673. The van der Waals surface area contributed by atoms with E-state index in [2.05, 4.69) is 20.9 Å². The molecule has 1 aromatic rings. The Balaban J connectivity index is 2.02. The first kappa shape index (κ1) is 15.4. The van der Waals surface area contributed by atoms with Crippen LogP contribution in [0.2, 0.25) is 0 Å². The maximum atomic E-state index is 12.1. The Kier molecular flexibility index (Phi) is 4.89. The lowest BCUT2D eigenvalue weighted by Crippen LogP contribution is -2.47. The number of piperidine rings is 1. The van der Waals surface area contributed by atoms with E-state index in [1.54, 1.807) is 10.9 Å². The molecule has 116 valence electrons. The van der Waals surface area contributed by atoms with E-state index in [0.29, 0.717) is 0 Å². The highest BCUT2D eigenvalue weighted by atomic mass is 16.2. The van der Waals surface area contributed by atoms with E-state index in [0.717, 1.165) is 25.9 Å². The second-order valence-electron chi connectivity index (χ2n) is 5.66. The summed E-state index contributed by atoms with van der Waals surface area (Å²) in [5, 5.41) is 13.8. The van der Waals surface area contributed by atoms with Gasteiger partial charge in [-0.15, -0.1) is 5.10 Å². The number of hydrogen-bond acceptors (Lipinski definition) is 5. The Morgan fingerprint density at radius 2 is 2.10 bits per heavy atom. The van der Waals surface area contributed by atoms with Gasteiger partial charge in [0.15, 0.2) is 5.69 Å². The molecule has 2 heterocycles. The Hall–Kier alpha value is -1.96. The van der Waals surface area contributed by atoms with Crippen LogP contribution in [-0.2, 0) is 4.79 Å². The van der Waals surface area contributed by atoms with Crippen LogP contribution in [0.5, 0.6) is 0 Å². The van der Waals surface area contributed by atoms with Crippen molar-refractivity contribution in [3.63, 3.8) is 0 Å². The van der Waals surface area contributed by atoms with Gasteiger partial charge in [0.05, 0.1) is 12.2 Å². The predicted octanol–water partition coefficient (Wildman–Crippen LogP) is -0.558. The normalized spacial score (nSPS) is 17.7. The molecule has 0 saturated carbocycles. The second kappa shape index (κ2) is 6.66. The Morgan fingerprint density at radius 1 is 1.43 bits per heavy atom. The minimum atomic E-state index is -0.707. The summed E-state index contributed by atoms with van der Waals surface area (Å²) < 4.78 is 1.73. The molecule has 1 aliphatic rings. The van der Waals surface area contributed by atoms with Gasteiger partial charge in [-0.1, -0.05) is 19.1 Å². The molecule has 1 unspecified atom stereocenters. The van der Waals surface area contributed by atoms with Gasteiger partial charge in [0.1, 0.15) is 6.04 Å². The number of rotatable bonds is 5. The van der Waals surface area contributed by atoms with Gasteiger partial charge in [0.25, 0.3) is 5.91 Å². The molecular formula is C13H22N6O2. The van der Waals surface area contributed by atoms with E-state index in [9.17, 15) is 9.59 Å². The molecular weight excluding hydrogens is 272 g/mol. The molecule has 1 fully saturated rings. The third-order valence-electron chi connectivity index (χ3n) is 3.69. The van der Waals surface area contributed by atoms with Crippen LogP contribution in [-0.4, -0.2) is 45.9 Å². The highest BCUT2D eigenvalue weighted by Crippen LogP contribution is 2.17. The van der Waals surface area contributed by atoms with Gasteiger partial charge >= 0.3 is 0 Å². The topological polar surface area (TPSA) is 115 Å². The third kappa shape index (κ3) is 3.78. The van der Waals surface area contributed by atoms with Crippen LogP contribution in [0, 0.1) is 5.92 Å². The summed E-state index contributed by atoms with van der Waals surface area (Å²) in [7, 11) is 0. The highest BCUT2D eigenvalue weighted by molar-refractivity contribution is 5.95. The Morgan fingerprint density at radius 3 is 2.67 bits per heavy atom. The van der Waals surface area contributed by atoms with Crippen LogP contribution < -0.4 is 16.4 Å². The summed E-state index contributed by atoms with van der Waals surface area (Å²) in [5.41, 5.74) is 5.49. The second-order valence-corrected chi connectivity index (χ2v) is 5.66. The summed E-state index contributed by atoms with van der Waals surface area (Å²) >= 11 is 0. The van der Waals surface area contributed by atoms with Crippen LogP contribution in [0.3, 0.4) is 0 Å². The van der Waals surface area contributed by atoms with Gasteiger partial charge in [0, 0.05) is 0 Å². The number of primary amides is 1. The number of carbonyl (C=O) groups excluding carboxylic acids is 2. The first-order valence-corrected chi connectivity index (χ1v) is 7.21. The molecule has 0 bridgehead atoms. The van der Waals surface area contributed by atoms with Gasteiger partial charge in [-0.25, -0.2) is 4.68 Å². The van der Waals surface area contributed by atoms with Crippen LogP contribution in [0.25, 0.3) is 0 Å². The fourth-order valence-electron chi connectivity index (χ4n) is 2.41. The Labute approximate surface area is 123 Å². The third-order valence-corrected chi connectivity index (χ3v) is 3.69. The van der Waals surface area contributed by atoms with Crippen LogP contribution in [0.1, 0.15) is 43.2 Å². The zero-order valence-electron chi connectivity index (χ0n) is 12.4. The number of carbonyl (C=O) groups is 2. The van der Waals surface area contributed by atoms with Gasteiger partial charge in [0.2, 0.25) is 5.91 Å². The zero-order chi connectivity index (χ0) is 15.4. The van der Waals surface area contributed by atoms with E-state index >= 15 is 0 Å². The van der Waals surface area contributed by atoms with E-state index in [1.165, 1.54) is 0 Å². The van der Waals surface area contributed by atoms with Crippen molar-refractivity contribution < 1.29 is 9.59 Å². The fourth-order valence-corrected chi connectivity index (χ4v) is 2.41. The van der Waals surface area contributed by atoms with Crippen LogP contribution in [0.4, 0.5) is 0 Å². The first-order chi connectivity index (χ1) is 9.99. The summed E-state index contributed by atoms with van der Waals surface area (Å²) in [5.74, 6) is -1.05. The maximum Gasteiger partial charge on any atom is 0.274 e. The molecule has 0 radical (unpaired) electrons. The lowest BCUT2D eigenvalue weighted by molar-refractivity contribution is -0.120. The lowest BCUT2D eigenvalue weighted by Gasteiger charge is -2.22. The fraction of sp³-hybridized carbons (Fsp3) is 0.692. The standard InChI is InChI=1S/C13H22N6O2/c1-8(2)11(12(14)20)16-13(21)10-7-19(18-17-10)9-3-5-15-6-4-9/h7-9,11,15H,3-6H2,1-2H3,(H2,14,20)(H,16,21). The number of nitrogens with zero attached hydrogens (tertiary/aromatic N) is 3. The summed E-state index contributed by atoms with van der Waals surface area (Å²) in [6.45, 7) is 5.51. The minimum absolute atomic E-state index is 0.0779. The predicted molar refractivity (Wildman–Crippen MR) is 76.4 cm³/mol. The molecule has 1 aliphatic heterocycles. The number of nitrogens with one attached hydrogen (secondary N) is 2. The van der Waals surface area contributed by atoms with Crippen LogP contribution in [0.15, 0.2) is 6.20 Å². The minimum Gasteiger partial charge on any atom is -0.368 e. The molecule has 8 nitrogen and oxygen atoms in total. The van der Waals surface area contributed by atoms with Crippen molar-refractivity contribution in [3.8, 4) is 0 Å².